The smallest absolute Gasteiger partial charge is 0.270 e. The number of pyridine rings is 1. The Morgan fingerprint density at radius 1 is 1.27 bits per heavy atom. The second kappa shape index (κ2) is 5.82. The number of aromatic nitrogens is 2. The largest absolute Gasteiger partial charge is 0.504 e. The van der Waals surface area contributed by atoms with Gasteiger partial charge in [-0.25, -0.2) is 4.98 Å². The molecule has 4 rings (SSSR count). The molecule has 2 fully saturated rings. The third-order valence-electron chi connectivity index (χ3n) is 5.58. The minimum absolute atomic E-state index is 0.0105. The summed E-state index contributed by atoms with van der Waals surface area (Å²) in [6, 6.07) is 2.96. The van der Waals surface area contributed by atoms with E-state index in [1.165, 1.54) is 28.9 Å². The number of carbonyl (C=O) groups excluding carboxylic acids is 2. The standard InChI is InChI=1S/C18H20N4O4/c1-20-11-18(9-14(20)24)4-7-21(8-5-18)16(25)12-10-19-15-13(23)3-2-6-22(15)17(12)26/h2-3,6,10,23H,4-5,7-9,11H2,1H3. The Hall–Kier alpha value is -2.90. The molecule has 8 nitrogen and oxygen atoms in total. The van der Waals surface area contributed by atoms with Crippen molar-refractivity contribution in [3.63, 3.8) is 0 Å². The van der Waals surface area contributed by atoms with Crippen LogP contribution < -0.4 is 5.56 Å². The maximum atomic E-state index is 12.8. The first-order chi connectivity index (χ1) is 12.4. The van der Waals surface area contributed by atoms with Crippen molar-refractivity contribution >= 4 is 17.5 Å². The quantitative estimate of drug-likeness (QED) is 0.802. The molecule has 2 aromatic heterocycles. The highest BCUT2D eigenvalue weighted by Crippen LogP contribution is 2.40. The van der Waals surface area contributed by atoms with Crippen molar-refractivity contribution in [3.05, 3.63) is 40.4 Å². The first-order valence-corrected chi connectivity index (χ1v) is 8.63. The van der Waals surface area contributed by atoms with E-state index in [0.717, 1.165) is 19.4 Å². The molecule has 1 N–H and O–H groups in total. The van der Waals surface area contributed by atoms with Gasteiger partial charge in [0, 0.05) is 50.9 Å². The molecule has 0 saturated carbocycles. The average Bonchev–Trinajstić information content (AvgIpc) is 2.89. The molecular formula is C18H20N4O4. The van der Waals surface area contributed by atoms with Crippen LogP contribution in [0, 0.1) is 5.41 Å². The summed E-state index contributed by atoms with van der Waals surface area (Å²) in [6.45, 7) is 1.76. The lowest BCUT2D eigenvalue weighted by atomic mass is 9.77. The maximum Gasteiger partial charge on any atom is 0.270 e. The second-order valence-electron chi connectivity index (χ2n) is 7.28. The van der Waals surface area contributed by atoms with Crippen LogP contribution in [0.5, 0.6) is 5.75 Å². The molecule has 0 aliphatic carbocycles. The van der Waals surface area contributed by atoms with Crippen LogP contribution in [0.25, 0.3) is 5.65 Å². The average molecular weight is 356 g/mol. The van der Waals surface area contributed by atoms with Crippen molar-refractivity contribution in [1.29, 1.82) is 0 Å². The van der Waals surface area contributed by atoms with Crippen molar-refractivity contribution in [3.8, 4) is 5.75 Å². The number of piperidine rings is 1. The Labute approximate surface area is 149 Å². The van der Waals surface area contributed by atoms with E-state index >= 15 is 0 Å². The van der Waals surface area contributed by atoms with Gasteiger partial charge in [-0.3, -0.25) is 18.8 Å². The maximum absolute atomic E-state index is 12.8. The topological polar surface area (TPSA) is 95.2 Å². The lowest BCUT2D eigenvalue weighted by molar-refractivity contribution is -0.126. The molecule has 4 heterocycles. The summed E-state index contributed by atoms with van der Waals surface area (Å²) in [5.74, 6) is -0.312. The van der Waals surface area contributed by atoms with E-state index in [1.807, 2.05) is 7.05 Å². The van der Waals surface area contributed by atoms with Gasteiger partial charge in [0.1, 0.15) is 5.56 Å². The summed E-state index contributed by atoms with van der Waals surface area (Å²) in [6.07, 6.45) is 4.74. The highest BCUT2D eigenvalue weighted by atomic mass is 16.3. The van der Waals surface area contributed by atoms with Gasteiger partial charge < -0.3 is 14.9 Å². The molecule has 2 amide bonds. The van der Waals surface area contributed by atoms with Crippen LogP contribution in [0.2, 0.25) is 0 Å². The van der Waals surface area contributed by atoms with Crippen molar-refractivity contribution in [2.75, 3.05) is 26.7 Å². The molecule has 0 radical (unpaired) electrons. The van der Waals surface area contributed by atoms with E-state index in [-0.39, 0.29) is 34.2 Å². The Balaban J connectivity index is 1.56. The van der Waals surface area contributed by atoms with Crippen LogP contribution in [0.4, 0.5) is 0 Å². The number of hydrogen-bond acceptors (Lipinski definition) is 5. The minimum Gasteiger partial charge on any atom is -0.504 e. The fourth-order valence-electron chi connectivity index (χ4n) is 4.03. The number of nitrogens with zero attached hydrogens (tertiary/aromatic N) is 4. The molecule has 136 valence electrons. The van der Waals surface area contributed by atoms with Gasteiger partial charge in [-0.15, -0.1) is 0 Å². The molecule has 0 unspecified atom stereocenters. The third-order valence-corrected chi connectivity index (χ3v) is 5.58. The Morgan fingerprint density at radius 3 is 2.65 bits per heavy atom. The Morgan fingerprint density at radius 2 is 2.00 bits per heavy atom. The number of carbonyl (C=O) groups is 2. The van der Waals surface area contributed by atoms with Crippen LogP contribution in [0.1, 0.15) is 29.6 Å². The monoisotopic (exact) mass is 356 g/mol. The summed E-state index contributed by atoms with van der Waals surface area (Å²) in [5.41, 5.74) is -0.430. The SMILES string of the molecule is CN1CC2(CCN(C(=O)c3cnc4c(O)cccn4c3=O)CC2)CC1=O. The molecule has 8 heteroatoms. The number of amides is 2. The normalized spacial score (nSPS) is 19.5. The van der Waals surface area contributed by atoms with Crippen molar-refractivity contribution < 1.29 is 14.7 Å². The van der Waals surface area contributed by atoms with E-state index in [0.29, 0.717) is 19.5 Å². The van der Waals surface area contributed by atoms with Crippen LogP contribution >= 0.6 is 0 Å². The van der Waals surface area contributed by atoms with E-state index in [2.05, 4.69) is 4.98 Å². The Kier molecular flexibility index (Phi) is 3.71. The number of aromatic hydroxyl groups is 1. The lowest BCUT2D eigenvalue weighted by Crippen LogP contribution is -2.45. The zero-order chi connectivity index (χ0) is 18.5. The lowest BCUT2D eigenvalue weighted by Gasteiger charge is -2.38. The van der Waals surface area contributed by atoms with Crippen LogP contribution in [0.15, 0.2) is 29.3 Å². The first kappa shape index (κ1) is 16.6. The number of likely N-dealkylation sites (tertiary alicyclic amines) is 2. The van der Waals surface area contributed by atoms with Crippen molar-refractivity contribution in [2.24, 2.45) is 5.41 Å². The highest BCUT2D eigenvalue weighted by molar-refractivity contribution is 5.94. The zero-order valence-corrected chi connectivity index (χ0v) is 14.5. The summed E-state index contributed by atoms with van der Waals surface area (Å²) in [7, 11) is 1.81. The predicted molar refractivity (Wildman–Crippen MR) is 93.0 cm³/mol. The molecule has 26 heavy (non-hydrogen) atoms. The molecule has 0 atom stereocenters. The van der Waals surface area contributed by atoms with Gasteiger partial charge in [0.05, 0.1) is 0 Å². The van der Waals surface area contributed by atoms with Gasteiger partial charge in [0.25, 0.3) is 11.5 Å². The van der Waals surface area contributed by atoms with Gasteiger partial charge in [0.2, 0.25) is 5.91 Å². The van der Waals surface area contributed by atoms with Crippen LogP contribution in [0.3, 0.4) is 0 Å². The first-order valence-electron chi connectivity index (χ1n) is 8.63. The molecular weight excluding hydrogens is 336 g/mol. The molecule has 2 aliphatic rings. The zero-order valence-electron chi connectivity index (χ0n) is 14.5. The fraction of sp³-hybridized carbons (Fsp3) is 0.444. The molecule has 2 aromatic rings. The molecule has 0 bridgehead atoms. The van der Waals surface area contributed by atoms with Gasteiger partial charge in [-0.05, 0) is 25.0 Å². The van der Waals surface area contributed by atoms with Crippen molar-refractivity contribution in [2.45, 2.75) is 19.3 Å². The summed E-state index contributed by atoms with van der Waals surface area (Å²) in [4.78, 5) is 44.8. The predicted octanol–water partition coefficient (Wildman–Crippen LogP) is 0.485. The summed E-state index contributed by atoms with van der Waals surface area (Å²) < 4.78 is 1.18. The minimum atomic E-state index is -0.494. The third kappa shape index (κ3) is 2.53. The summed E-state index contributed by atoms with van der Waals surface area (Å²) in [5, 5.41) is 9.79. The molecule has 0 aromatic carbocycles. The molecule has 2 saturated heterocycles. The Bertz CT molecular complexity index is 959. The number of rotatable bonds is 1. The van der Waals surface area contributed by atoms with Gasteiger partial charge >= 0.3 is 0 Å². The van der Waals surface area contributed by atoms with Crippen molar-refractivity contribution in [1.82, 2.24) is 19.2 Å². The van der Waals surface area contributed by atoms with E-state index in [4.69, 9.17) is 0 Å². The van der Waals surface area contributed by atoms with Gasteiger partial charge in [-0.1, -0.05) is 0 Å². The second-order valence-corrected chi connectivity index (χ2v) is 7.28. The van der Waals surface area contributed by atoms with Gasteiger partial charge in [0.15, 0.2) is 11.4 Å². The van der Waals surface area contributed by atoms with Gasteiger partial charge in [-0.2, -0.15) is 0 Å². The number of hydrogen-bond donors (Lipinski definition) is 1. The fourth-order valence-corrected chi connectivity index (χ4v) is 4.03. The summed E-state index contributed by atoms with van der Waals surface area (Å²) >= 11 is 0. The van der Waals surface area contributed by atoms with E-state index in [9.17, 15) is 19.5 Å². The highest BCUT2D eigenvalue weighted by Gasteiger charge is 2.44. The van der Waals surface area contributed by atoms with E-state index < -0.39 is 5.56 Å². The van der Waals surface area contributed by atoms with E-state index in [1.54, 1.807) is 9.80 Å². The van der Waals surface area contributed by atoms with Crippen LogP contribution in [-0.2, 0) is 4.79 Å². The van der Waals surface area contributed by atoms with Crippen LogP contribution in [-0.4, -0.2) is 62.8 Å². The number of fused-ring (bicyclic) bond motifs is 1. The molecule has 1 spiro atoms. The molecule has 2 aliphatic heterocycles.